The summed E-state index contributed by atoms with van der Waals surface area (Å²) in [6.07, 6.45) is 5.97. The maximum Gasteiger partial charge on any atom is 0.293 e. The molecule has 4 rings (SSSR count). The summed E-state index contributed by atoms with van der Waals surface area (Å²) < 4.78 is 6.71. The second-order valence-corrected chi connectivity index (χ2v) is 6.10. The molecule has 3 aromatic heterocycles. The van der Waals surface area contributed by atoms with E-state index in [1.54, 1.807) is 23.0 Å². The number of aliphatic hydroxyl groups excluding tert-OH is 1. The number of aliphatic hydroxyl groups is 1. The number of carbonyl (C=O) groups is 1. The Labute approximate surface area is 143 Å². The molecule has 2 unspecified atom stereocenters. The molecule has 3 heterocycles. The molecule has 9 heteroatoms. The minimum atomic E-state index is -0.126. The minimum Gasteiger partial charge on any atom is -0.465 e. The zero-order valence-corrected chi connectivity index (χ0v) is 13.4. The molecule has 0 aromatic carbocycles. The highest BCUT2D eigenvalue weighted by atomic mass is 16.5. The summed E-state index contributed by atoms with van der Waals surface area (Å²) in [6.45, 7) is 0.394. The fourth-order valence-electron chi connectivity index (χ4n) is 3.30. The zero-order chi connectivity index (χ0) is 17.2. The smallest absolute Gasteiger partial charge is 0.293 e. The topological polar surface area (TPSA) is 117 Å². The van der Waals surface area contributed by atoms with Gasteiger partial charge in [-0.3, -0.25) is 9.89 Å². The van der Waals surface area contributed by atoms with Crippen LogP contribution in [-0.2, 0) is 16.1 Å². The van der Waals surface area contributed by atoms with Crippen molar-refractivity contribution in [3.63, 3.8) is 0 Å². The first-order valence-corrected chi connectivity index (χ1v) is 8.12. The summed E-state index contributed by atoms with van der Waals surface area (Å²) in [7, 11) is 0. The predicted molar refractivity (Wildman–Crippen MR) is 88.3 cm³/mol. The van der Waals surface area contributed by atoms with Crippen LogP contribution in [0.25, 0.3) is 5.52 Å². The molecule has 0 spiro atoms. The molecule has 130 valence electrons. The van der Waals surface area contributed by atoms with Crippen molar-refractivity contribution in [3.8, 4) is 0 Å². The standard InChI is InChI=1S/C16H18N6O3/c23-8-11-6-14-16(17-3-4-22(14)21-11)18-15-7-13(19-20-15)10-1-2-12(5-10)25-9-24/h3-4,6-7,9-10,12,23H,1-2,5,8H2,(H2,17,18,19,20). The number of aromatic amines is 1. The Hall–Kier alpha value is -2.94. The summed E-state index contributed by atoms with van der Waals surface area (Å²) in [5.41, 5.74) is 2.35. The van der Waals surface area contributed by atoms with Gasteiger partial charge >= 0.3 is 0 Å². The van der Waals surface area contributed by atoms with Gasteiger partial charge in [-0.1, -0.05) is 0 Å². The van der Waals surface area contributed by atoms with Crippen LogP contribution >= 0.6 is 0 Å². The van der Waals surface area contributed by atoms with E-state index in [1.165, 1.54) is 0 Å². The number of nitrogens with one attached hydrogen (secondary N) is 2. The number of hydrogen-bond acceptors (Lipinski definition) is 7. The van der Waals surface area contributed by atoms with E-state index in [4.69, 9.17) is 4.74 Å². The largest absolute Gasteiger partial charge is 0.465 e. The maximum atomic E-state index is 10.5. The van der Waals surface area contributed by atoms with Gasteiger partial charge in [0.2, 0.25) is 0 Å². The molecule has 0 aliphatic heterocycles. The Bertz CT molecular complexity index is 889. The number of aromatic nitrogens is 5. The number of fused-ring (bicyclic) bond motifs is 1. The van der Waals surface area contributed by atoms with Gasteiger partial charge in [0.25, 0.3) is 6.47 Å². The van der Waals surface area contributed by atoms with Crippen molar-refractivity contribution in [2.45, 2.75) is 37.9 Å². The average molecular weight is 342 g/mol. The fraction of sp³-hybridized carbons (Fsp3) is 0.375. The predicted octanol–water partition coefficient (Wildman–Crippen LogP) is 1.50. The van der Waals surface area contributed by atoms with Crippen LogP contribution in [0.1, 0.15) is 36.6 Å². The van der Waals surface area contributed by atoms with Crippen LogP contribution in [0.15, 0.2) is 24.5 Å². The Balaban J connectivity index is 1.52. The normalized spacial score (nSPS) is 20.0. The molecule has 0 amide bonds. The molecule has 3 aromatic rings. The highest BCUT2D eigenvalue weighted by Crippen LogP contribution is 2.35. The molecule has 1 aliphatic carbocycles. The van der Waals surface area contributed by atoms with E-state index in [-0.39, 0.29) is 12.7 Å². The van der Waals surface area contributed by atoms with Crippen LogP contribution in [0.5, 0.6) is 0 Å². The fourth-order valence-corrected chi connectivity index (χ4v) is 3.30. The third-order valence-electron chi connectivity index (χ3n) is 4.52. The van der Waals surface area contributed by atoms with Crippen molar-refractivity contribution in [1.29, 1.82) is 0 Å². The number of ether oxygens (including phenoxy) is 1. The zero-order valence-electron chi connectivity index (χ0n) is 13.4. The molecule has 1 saturated carbocycles. The number of carbonyl (C=O) groups excluding carboxylic acids is 1. The molecule has 2 atom stereocenters. The number of rotatable bonds is 6. The molecule has 1 fully saturated rings. The lowest BCUT2D eigenvalue weighted by Crippen LogP contribution is -2.06. The van der Waals surface area contributed by atoms with E-state index in [1.807, 2.05) is 6.07 Å². The first-order valence-electron chi connectivity index (χ1n) is 8.12. The third-order valence-corrected chi connectivity index (χ3v) is 4.52. The minimum absolute atomic E-state index is 0.0127. The highest BCUT2D eigenvalue weighted by molar-refractivity contribution is 5.72. The Morgan fingerprint density at radius 2 is 2.36 bits per heavy atom. The summed E-state index contributed by atoms with van der Waals surface area (Å²) in [4.78, 5) is 14.8. The van der Waals surface area contributed by atoms with Crippen LogP contribution in [0, 0.1) is 0 Å². The quantitative estimate of drug-likeness (QED) is 0.581. The van der Waals surface area contributed by atoms with Gasteiger partial charge in [0.15, 0.2) is 11.6 Å². The van der Waals surface area contributed by atoms with Gasteiger partial charge < -0.3 is 15.2 Å². The Kier molecular flexibility index (Phi) is 4.06. The van der Waals surface area contributed by atoms with Crippen molar-refractivity contribution < 1.29 is 14.6 Å². The second kappa shape index (κ2) is 6.52. The molecular formula is C16H18N6O3. The van der Waals surface area contributed by atoms with Crippen molar-refractivity contribution >= 4 is 23.6 Å². The highest BCUT2D eigenvalue weighted by Gasteiger charge is 2.28. The van der Waals surface area contributed by atoms with E-state index >= 15 is 0 Å². The van der Waals surface area contributed by atoms with E-state index in [2.05, 4.69) is 25.6 Å². The van der Waals surface area contributed by atoms with E-state index < -0.39 is 0 Å². The van der Waals surface area contributed by atoms with Crippen molar-refractivity contribution in [1.82, 2.24) is 24.8 Å². The lowest BCUT2D eigenvalue weighted by molar-refractivity contribution is -0.133. The van der Waals surface area contributed by atoms with Gasteiger partial charge in [0.05, 0.1) is 12.3 Å². The SMILES string of the molecule is O=COC1CCC(c2cc(Nc3nccn4nc(CO)cc34)n[nH]2)C1. The lowest BCUT2D eigenvalue weighted by atomic mass is 10.0. The molecule has 3 N–H and O–H groups in total. The Morgan fingerprint density at radius 1 is 1.44 bits per heavy atom. The van der Waals surface area contributed by atoms with Crippen LogP contribution in [-0.4, -0.2) is 42.5 Å². The number of anilines is 2. The first kappa shape index (κ1) is 15.6. The number of hydrogen-bond donors (Lipinski definition) is 3. The summed E-state index contributed by atoms with van der Waals surface area (Å²) >= 11 is 0. The molecule has 1 aliphatic rings. The first-order chi connectivity index (χ1) is 12.3. The van der Waals surface area contributed by atoms with Gasteiger partial charge in [-0.05, 0) is 25.3 Å². The summed E-state index contributed by atoms with van der Waals surface area (Å²) in [6, 6.07) is 3.73. The number of H-pyrrole nitrogens is 1. The van der Waals surface area contributed by atoms with Crippen LogP contribution in [0.2, 0.25) is 0 Å². The van der Waals surface area contributed by atoms with Crippen LogP contribution in [0.3, 0.4) is 0 Å². The van der Waals surface area contributed by atoms with Crippen molar-refractivity contribution in [2.24, 2.45) is 0 Å². The van der Waals surface area contributed by atoms with Crippen LogP contribution < -0.4 is 5.32 Å². The molecule has 0 radical (unpaired) electrons. The second-order valence-electron chi connectivity index (χ2n) is 6.10. The van der Waals surface area contributed by atoms with E-state index in [0.29, 0.717) is 29.7 Å². The van der Waals surface area contributed by atoms with Gasteiger partial charge in [-0.2, -0.15) is 10.2 Å². The summed E-state index contributed by atoms with van der Waals surface area (Å²) in [5, 5.41) is 24.0. The van der Waals surface area contributed by atoms with Gasteiger partial charge in [0.1, 0.15) is 11.6 Å². The third kappa shape index (κ3) is 3.05. The van der Waals surface area contributed by atoms with Crippen LogP contribution in [0.4, 0.5) is 11.6 Å². The molecule has 9 nitrogen and oxygen atoms in total. The van der Waals surface area contributed by atoms with Crippen molar-refractivity contribution in [2.75, 3.05) is 5.32 Å². The summed E-state index contributed by atoms with van der Waals surface area (Å²) in [5.74, 6) is 1.57. The molecular weight excluding hydrogens is 324 g/mol. The van der Waals surface area contributed by atoms with Gasteiger partial charge in [0, 0.05) is 30.1 Å². The van der Waals surface area contributed by atoms with E-state index in [9.17, 15) is 9.90 Å². The van der Waals surface area contributed by atoms with E-state index in [0.717, 1.165) is 30.5 Å². The average Bonchev–Trinajstić information content (AvgIpc) is 3.34. The van der Waals surface area contributed by atoms with Crippen molar-refractivity contribution in [3.05, 3.63) is 35.9 Å². The molecule has 0 saturated heterocycles. The lowest BCUT2D eigenvalue weighted by Gasteiger charge is -2.07. The van der Waals surface area contributed by atoms with Gasteiger partial charge in [-0.25, -0.2) is 9.50 Å². The van der Waals surface area contributed by atoms with Gasteiger partial charge in [-0.15, -0.1) is 0 Å². The monoisotopic (exact) mass is 342 g/mol. The number of nitrogens with zero attached hydrogens (tertiary/aromatic N) is 4. The molecule has 0 bridgehead atoms. The maximum absolute atomic E-state index is 10.5. The Morgan fingerprint density at radius 3 is 3.20 bits per heavy atom. The molecule has 25 heavy (non-hydrogen) atoms.